The van der Waals surface area contributed by atoms with Gasteiger partial charge in [-0.3, -0.25) is 4.79 Å². The minimum atomic E-state index is -0.238. The van der Waals surface area contributed by atoms with E-state index in [4.69, 9.17) is 0 Å². The molecular weight excluding hydrogens is 332 g/mol. The number of halogens is 1. The molecule has 0 aliphatic heterocycles. The molecule has 21 heavy (non-hydrogen) atoms. The summed E-state index contributed by atoms with van der Waals surface area (Å²) in [5, 5.41) is 6.05. The van der Waals surface area contributed by atoms with Crippen molar-refractivity contribution in [1.29, 1.82) is 0 Å². The van der Waals surface area contributed by atoms with E-state index >= 15 is 0 Å². The van der Waals surface area contributed by atoms with Crippen molar-refractivity contribution in [3.05, 3.63) is 46.2 Å². The van der Waals surface area contributed by atoms with E-state index in [1.54, 1.807) is 6.07 Å². The van der Waals surface area contributed by atoms with Crippen LogP contribution in [0.5, 0.6) is 0 Å². The van der Waals surface area contributed by atoms with Crippen molar-refractivity contribution in [2.45, 2.75) is 25.8 Å². The van der Waals surface area contributed by atoms with Gasteiger partial charge in [0, 0.05) is 21.9 Å². The molecule has 0 spiro atoms. The summed E-state index contributed by atoms with van der Waals surface area (Å²) in [4.78, 5) is 20.9. The first-order chi connectivity index (χ1) is 10.1. The average molecular weight is 347 g/mol. The maximum Gasteiger partial charge on any atom is 0.274 e. The van der Waals surface area contributed by atoms with Crippen LogP contribution in [0.3, 0.4) is 0 Å². The molecule has 1 fully saturated rings. The fourth-order valence-electron chi connectivity index (χ4n) is 1.92. The summed E-state index contributed by atoms with van der Waals surface area (Å²) < 4.78 is 0.912. The molecule has 1 saturated carbocycles. The van der Waals surface area contributed by atoms with Crippen molar-refractivity contribution in [3.8, 4) is 0 Å². The van der Waals surface area contributed by atoms with Gasteiger partial charge in [-0.2, -0.15) is 0 Å². The Morgan fingerprint density at radius 2 is 2.10 bits per heavy atom. The molecule has 1 aromatic heterocycles. The Bertz CT molecular complexity index is 685. The minimum absolute atomic E-state index is 0.238. The van der Waals surface area contributed by atoms with Gasteiger partial charge in [0.2, 0.25) is 5.95 Å². The average Bonchev–Trinajstić information content (AvgIpc) is 3.22. The van der Waals surface area contributed by atoms with Crippen molar-refractivity contribution in [1.82, 2.24) is 9.97 Å². The lowest BCUT2D eigenvalue weighted by molar-refractivity contribution is 0.102. The highest BCUT2D eigenvalue weighted by Crippen LogP contribution is 2.23. The molecule has 108 valence electrons. The summed E-state index contributed by atoms with van der Waals surface area (Å²) in [5.74, 6) is 0.286. The van der Waals surface area contributed by atoms with Crippen LogP contribution in [0.1, 0.15) is 29.0 Å². The first-order valence-corrected chi connectivity index (χ1v) is 7.58. The van der Waals surface area contributed by atoms with Crippen LogP contribution >= 0.6 is 15.9 Å². The number of carbonyl (C=O) groups is 1. The number of aryl methyl sites for hydroxylation is 1. The van der Waals surface area contributed by atoms with E-state index in [1.165, 1.54) is 0 Å². The highest BCUT2D eigenvalue weighted by Gasteiger charge is 2.22. The number of hydrogen-bond acceptors (Lipinski definition) is 4. The second-order valence-electron chi connectivity index (χ2n) is 5.10. The van der Waals surface area contributed by atoms with Crippen LogP contribution in [-0.2, 0) is 0 Å². The smallest absolute Gasteiger partial charge is 0.274 e. The number of benzene rings is 1. The van der Waals surface area contributed by atoms with Gasteiger partial charge in [0.15, 0.2) is 0 Å². The van der Waals surface area contributed by atoms with Crippen molar-refractivity contribution >= 4 is 33.5 Å². The van der Waals surface area contributed by atoms with Crippen LogP contribution in [0.2, 0.25) is 0 Å². The predicted molar refractivity (Wildman–Crippen MR) is 85.5 cm³/mol. The molecule has 0 bridgehead atoms. The SMILES string of the molecule is Cc1cc(C(=O)Nc2cccc(Br)c2)nc(NC2CC2)n1. The standard InChI is InChI=1S/C15H15BrN4O/c1-9-7-13(20-15(17-9)19-11-5-6-11)14(21)18-12-4-2-3-10(16)8-12/h2-4,7-8,11H,5-6H2,1H3,(H,18,21)(H,17,19,20). The van der Waals surface area contributed by atoms with Crippen molar-refractivity contribution < 1.29 is 4.79 Å². The van der Waals surface area contributed by atoms with Crippen LogP contribution < -0.4 is 10.6 Å². The summed E-state index contributed by atoms with van der Waals surface area (Å²) in [7, 11) is 0. The quantitative estimate of drug-likeness (QED) is 0.890. The van der Waals surface area contributed by atoms with Gasteiger partial charge in [0.1, 0.15) is 5.69 Å². The first-order valence-electron chi connectivity index (χ1n) is 6.79. The normalized spacial score (nSPS) is 13.8. The molecule has 5 nitrogen and oxygen atoms in total. The molecule has 2 N–H and O–H groups in total. The van der Waals surface area contributed by atoms with E-state index in [9.17, 15) is 4.79 Å². The highest BCUT2D eigenvalue weighted by atomic mass is 79.9. The lowest BCUT2D eigenvalue weighted by Gasteiger charge is -2.08. The number of nitrogens with one attached hydrogen (secondary N) is 2. The monoisotopic (exact) mass is 346 g/mol. The van der Waals surface area contributed by atoms with Crippen LogP contribution in [0.25, 0.3) is 0 Å². The van der Waals surface area contributed by atoms with E-state index in [2.05, 4.69) is 36.5 Å². The molecule has 0 radical (unpaired) electrons. The molecule has 2 aromatic rings. The summed E-state index contributed by atoms with van der Waals surface area (Å²) in [5.41, 5.74) is 1.86. The van der Waals surface area contributed by atoms with E-state index in [1.807, 2.05) is 31.2 Å². The first kappa shape index (κ1) is 14.0. The van der Waals surface area contributed by atoms with Crippen LogP contribution in [-0.4, -0.2) is 21.9 Å². The number of aromatic nitrogens is 2. The van der Waals surface area contributed by atoms with E-state index in [0.717, 1.165) is 28.7 Å². The Hall–Kier alpha value is -1.95. The van der Waals surface area contributed by atoms with Gasteiger partial charge >= 0.3 is 0 Å². The van der Waals surface area contributed by atoms with Crippen molar-refractivity contribution in [2.24, 2.45) is 0 Å². The molecule has 1 amide bonds. The minimum Gasteiger partial charge on any atom is -0.351 e. The molecule has 0 unspecified atom stereocenters. The zero-order chi connectivity index (χ0) is 14.8. The molecule has 0 atom stereocenters. The van der Waals surface area contributed by atoms with E-state index in [0.29, 0.717) is 17.7 Å². The number of rotatable bonds is 4. The second kappa shape index (κ2) is 5.81. The number of hydrogen-bond donors (Lipinski definition) is 2. The molecule has 6 heteroatoms. The Balaban J connectivity index is 1.78. The molecule has 3 rings (SSSR count). The topological polar surface area (TPSA) is 66.9 Å². The molecule has 1 aliphatic carbocycles. The largest absolute Gasteiger partial charge is 0.351 e. The van der Waals surface area contributed by atoms with E-state index in [-0.39, 0.29) is 5.91 Å². The second-order valence-corrected chi connectivity index (χ2v) is 6.02. The third kappa shape index (κ3) is 3.78. The molecule has 1 heterocycles. The van der Waals surface area contributed by atoms with Crippen molar-refractivity contribution in [2.75, 3.05) is 10.6 Å². The van der Waals surface area contributed by atoms with Crippen molar-refractivity contribution in [3.63, 3.8) is 0 Å². The van der Waals surface area contributed by atoms with E-state index < -0.39 is 0 Å². The summed E-state index contributed by atoms with van der Waals surface area (Å²) >= 11 is 3.38. The maximum absolute atomic E-state index is 12.3. The van der Waals surface area contributed by atoms with Gasteiger partial charge in [-0.1, -0.05) is 22.0 Å². The zero-order valence-corrected chi connectivity index (χ0v) is 13.1. The number of amides is 1. The van der Waals surface area contributed by atoms with Crippen LogP contribution in [0, 0.1) is 6.92 Å². The summed E-state index contributed by atoms with van der Waals surface area (Å²) in [6.07, 6.45) is 2.27. The highest BCUT2D eigenvalue weighted by molar-refractivity contribution is 9.10. The fourth-order valence-corrected chi connectivity index (χ4v) is 2.32. The zero-order valence-electron chi connectivity index (χ0n) is 11.6. The lowest BCUT2D eigenvalue weighted by Crippen LogP contribution is -2.16. The van der Waals surface area contributed by atoms with Crippen LogP contribution in [0.15, 0.2) is 34.8 Å². The lowest BCUT2D eigenvalue weighted by atomic mass is 10.3. The molecular formula is C15H15BrN4O. The number of anilines is 2. The van der Waals surface area contributed by atoms with Gasteiger partial charge < -0.3 is 10.6 Å². The Morgan fingerprint density at radius 1 is 1.29 bits per heavy atom. The molecule has 0 saturated heterocycles. The van der Waals surface area contributed by atoms with Gasteiger partial charge in [0.05, 0.1) is 0 Å². The summed E-state index contributed by atoms with van der Waals surface area (Å²) in [6.45, 7) is 1.86. The van der Waals surface area contributed by atoms with Gasteiger partial charge in [-0.05, 0) is 44.0 Å². The van der Waals surface area contributed by atoms with Crippen LogP contribution in [0.4, 0.5) is 11.6 Å². The fraction of sp³-hybridized carbons (Fsp3) is 0.267. The summed E-state index contributed by atoms with van der Waals surface area (Å²) in [6, 6.07) is 9.58. The Kier molecular flexibility index (Phi) is 3.88. The number of carbonyl (C=O) groups excluding carboxylic acids is 1. The Morgan fingerprint density at radius 3 is 2.81 bits per heavy atom. The Labute approximate surface area is 131 Å². The van der Waals surface area contributed by atoms with Gasteiger partial charge in [-0.15, -0.1) is 0 Å². The van der Waals surface area contributed by atoms with Gasteiger partial charge in [-0.25, -0.2) is 9.97 Å². The number of nitrogens with zero attached hydrogens (tertiary/aromatic N) is 2. The third-order valence-corrected chi connectivity index (χ3v) is 3.57. The molecule has 1 aliphatic rings. The third-order valence-electron chi connectivity index (χ3n) is 3.08. The molecule has 1 aromatic carbocycles. The predicted octanol–water partition coefficient (Wildman–Crippen LogP) is 3.37. The maximum atomic E-state index is 12.3. The van der Waals surface area contributed by atoms with Gasteiger partial charge in [0.25, 0.3) is 5.91 Å².